The Morgan fingerprint density at radius 1 is 1.78 bits per heavy atom. The van der Waals surface area contributed by atoms with Gasteiger partial charge >= 0.3 is 0 Å². The molecule has 0 spiro atoms. The molecule has 0 amide bonds. The number of nitrogens with zero attached hydrogens (tertiary/aromatic N) is 1. The van der Waals surface area contributed by atoms with Gasteiger partial charge in [-0.1, -0.05) is 6.92 Å². The molecule has 0 saturated heterocycles. The Hall–Kier alpha value is -0.660. The Morgan fingerprint density at radius 3 is 2.67 bits per heavy atom. The number of carbonyl (C=O) groups excluding carboxylic acids is 1. The predicted molar refractivity (Wildman–Crippen MR) is 36.8 cm³/mol. The van der Waals surface area contributed by atoms with Crippen LogP contribution in [0.2, 0.25) is 0 Å². The van der Waals surface area contributed by atoms with Crippen LogP contribution in [0.5, 0.6) is 0 Å². The molecular weight excluding hydrogens is 114 g/mol. The summed E-state index contributed by atoms with van der Waals surface area (Å²) >= 11 is 0. The van der Waals surface area contributed by atoms with Crippen molar-refractivity contribution in [2.45, 2.75) is 20.3 Å². The second-order valence-electron chi connectivity index (χ2n) is 2.51. The molecule has 0 radical (unpaired) electrons. The molecule has 1 aliphatic rings. The summed E-state index contributed by atoms with van der Waals surface area (Å²) in [5.74, 6) is 0.544. The minimum absolute atomic E-state index is 0.139. The number of aliphatic imine (C=N–C) groups is 1. The van der Waals surface area contributed by atoms with Gasteiger partial charge < -0.3 is 0 Å². The molecule has 1 heterocycles. The fourth-order valence-electron chi connectivity index (χ4n) is 1.13. The van der Waals surface area contributed by atoms with Crippen molar-refractivity contribution < 1.29 is 4.79 Å². The average Bonchev–Trinajstić information content (AvgIpc) is 2.13. The van der Waals surface area contributed by atoms with Gasteiger partial charge in [-0.15, -0.1) is 0 Å². The standard InChI is InChI=1S/C7H11NO/c1-5-3-4-8-7(5)6(2)9/h5H,3-4H2,1-2H3. The highest BCUT2D eigenvalue weighted by molar-refractivity contribution is 6.40. The summed E-state index contributed by atoms with van der Waals surface area (Å²) in [4.78, 5) is 14.8. The molecule has 0 aromatic rings. The van der Waals surface area contributed by atoms with Crippen LogP contribution in [-0.4, -0.2) is 18.0 Å². The molecule has 1 unspecified atom stereocenters. The van der Waals surface area contributed by atoms with E-state index in [2.05, 4.69) is 4.99 Å². The first-order valence-electron chi connectivity index (χ1n) is 3.27. The van der Waals surface area contributed by atoms with E-state index in [9.17, 15) is 4.79 Å². The van der Waals surface area contributed by atoms with Gasteiger partial charge in [0.2, 0.25) is 0 Å². The molecule has 1 aliphatic heterocycles. The highest BCUT2D eigenvalue weighted by atomic mass is 16.1. The largest absolute Gasteiger partial charge is 0.293 e. The van der Waals surface area contributed by atoms with Crippen LogP contribution in [0.1, 0.15) is 20.3 Å². The molecule has 2 heteroatoms. The lowest BCUT2D eigenvalue weighted by Crippen LogP contribution is -2.14. The highest BCUT2D eigenvalue weighted by Gasteiger charge is 2.18. The number of carbonyl (C=O) groups is 1. The maximum absolute atomic E-state index is 10.7. The smallest absolute Gasteiger partial charge is 0.173 e. The van der Waals surface area contributed by atoms with Crippen LogP contribution in [0.15, 0.2) is 4.99 Å². The van der Waals surface area contributed by atoms with Crippen LogP contribution >= 0.6 is 0 Å². The van der Waals surface area contributed by atoms with E-state index in [4.69, 9.17) is 0 Å². The molecule has 0 bridgehead atoms. The first-order chi connectivity index (χ1) is 4.22. The second kappa shape index (κ2) is 2.29. The molecule has 0 aliphatic carbocycles. The molecule has 0 fully saturated rings. The van der Waals surface area contributed by atoms with Crippen LogP contribution in [0.3, 0.4) is 0 Å². The SMILES string of the molecule is CC(=O)C1=NCCC1C. The Morgan fingerprint density at radius 2 is 2.44 bits per heavy atom. The summed E-state index contributed by atoms with van der Waals surface area (Å²) in [6.45, 7) is 4.48. The molecular formula is C7H11NO. The van der Waals surface area contributed by atoms with Gasteiger partial charge in [-0.2, -0.15) is 0 Å². The Kier molecular flexibility index (Phi) is 1.65. The van der Waals surface area contributed by atoms with Crippen molar-refractivity contribution in [3.8, 4) is 0 Å². The first-order valence-corrected chi connectivity index (χ1v) is 3.27. The van der Waals surface area contributed by atoms with E-state index in [1.54, 1.807) is 6.92 Å². The summed E-state index contributed by atoms with van der Waals surface area (Å²) < 4.78 is 0. The molecule has 0 N–H and O–H groups in total. The lowest BCUT2D eigenvalue weighted by atomic mass is 10.0. The Balaban J connectivity index is 2.68. The summed E-state index contributed by atoms with van der Waals surface area (Å²) in [7, 11) is 0. The van der Waals surface area contributed by atoms with Gasteiger partial charge in [0, 0.05) is 19.4 Å². The number of hydrogen-bond acceptors (Lipinski definition) is 2. The van der Waals surface area contributed by atoms with E-state index in [1.165, 1.54) is 0 Å². The maximum Gasteiger partial charge on any atom is 0.173 e. The molecule has 1 atom stereocenters. The van der Waals surface area contributed by atoms with Crippen LogP contribution < -0.4 is 0 Å². The fourth-order valence-corrected chi connectivity index (χ4v) is 1.13. The zero-order valence-electron chi connectivity index (χ0n) is 5.85. The molecule has 2 nitrogen and oxygen atoms in total. The minimum Gasteiger partial charge on any atom is -0.293 e. The summed E-state index contributed by atoms with van der Waals surface area (Å²) in [5.41, 5.74) is 0.787. The number of ketones is 1. The third-order valence-electron chi connectivity index (χ3n) is 1.67. The van der Waals surface area contributed by atoms with Gasteiger partial charge in [-0.3, -0.25) is 9.79 Å². The minimum atomic E-state index is 0.139. The van der Waals surface area contributed by atoms with Crippen molar-refractivity contribution >= 4 is 11.5 Å². The molecule has 0 saturated carbocycles. The van der Waals surface area contributed by atoms with Crippen LogP contribution in [0.4, 0.5) is 0 Å². The lowest BCUT2D eigenvalue weighted by molar-refractivity contribution is -0.111. The number of rotatable bonds is 1. The predicted octanol–water partition coefficient (Wildman–Crippen LogP) is 1.06. The van der Waals surface area contributed by atoms with Crippen molar-refractivity contribution in [3.05, 3.63) is 0 Å². The summed E-state index contributed by atoms with van der Waals surface area (Å²) in [5, 5.41) is 0. The van der Waals surface area contributed by atoms with Gasteiger partial charge in [0.15, 0.2) is 5.78 Å². The van der Waals surface area contributed by atoms with Gasteiger partial charge in [0.1, 0.15) is 0 Å². The van der Waals surface area contributed by atoms with Gasteiger partial charge in [0.25, 0.3) is 0 Å². The van der Waals surface area contributed by atoms with Crippen molar-refractivity contribution in [2.24, 2.45) is 10.9 Å². The molecule has 1 rings (SSSR count). The Labute approximate surface area is 55.0 Å². The fraction of sp³-hybridized carbons (Fsp3) is 0.714. The topological polar surface area (TPSA) is 29.4 Å². The van der Waals surface area contributed by atoms with Gasteiger partial charge in [-0.25, -0.2) is 0 Å². The van der Waals surface area contributed by atoms with Crippen LogP contribution in [-0.2, 0) is 4.79 Å². The zero-order chi connectivity index (χ0) is 6.85. The third-order valence-corrected chi connectivity index (χ3v) is 1.67. The molecule has 9 heavy (non-hydrogen) atoms. The summed E-state index contributed by atoms with van der Waals surface area (Å²) in [6, 6.07) is 0. The lowest BCUT2D eigenvalue weighted by Gasteiger charge is -1.99. The van der Waals surface area contributed by atoms with Crippen LogP contribution in [0.25, 0.3) is 0 Å². The summed E-state index contributed by atoms with van der Waals surface area (Å²) in [6.07, 6.45) is 1.05. The molecule has 0 aromatic carbocycles. The van der Waals surface area contributed by atoms with Gasteiger partial charge in [0.05, 0.1) is 5.71 Å². The zero-order valence-corrected chi connectivity index (χ0v) is 5.85. The molecule has 50 valence electrons. The van der Waals surface area contributed by atoms with Gasteiger partial charge in [-0.05, 0) is 6.42 Å². The van der Waals surface area contributed by atoms with E-state index < -0.39 is 0 Å². The van der Waals surface area contributed by atoms with E-state index >= 15 is 0 Å². The Bertz CT molecular complexity index is 160. The van der Waals surface area contributed by atoms with Crippen LogP contribution in [0, 0.1) is 5.92 Å². The quantitative estimate of drug-likeness (QED) is 0.515. The van der Waals surface area contributed by atoms with E-state index in [0.717, 1.165) is 18.7 Å². The van der Waals surface area contributed by atoms with E-state index in [1.807, 2.05) is 6.92 Å². The van der Waals surface area contributed by atoms with Crippen molar-refractivity contribution in [1.82, 2.24) is 0 Å². The first kappa shape index (κ1) is 6.46. The average molecular weight is 125 g/mol. The van der Waals surface area contributed by atoms with Crippen molar-refractivity contribution in [1.29, 1.82) is 0 Å². The highest BCUT2D eigenvalue weighted by Crippen LogP contribution is 2.12. The monoisotopic (exact) mass is 125 g/mol. The maximum atomic E-state index is 10.7. The molecule has 0 aromatic heterocycles. The van der Waals surface area contributed by atoms with E-state index in [-0.39, 0.29) is 5.78 Å². The second-order valence-corrected chi connectivity index (χ2v) is 2.51. The third kappa shape index (κ3) is 1.18. The van der Waals surface area contributed by atoms with E-state index in [0.29, 0.717) is 5.92 Å². The van der Waals surface area contributed by atoms with Crippen molar-refractivity contribution in [3.63, 3.8) is 0 Å². The number of Topliss-reactive ketones (excluding diaryl/α,β-unsaturated/α-hetero) is 1. The van der Waals surface area contributed by atoms with Crippen molar-refractivity contribution in [2.75, 3.05) is 6.54 Å². The number of hydrogen-bond donors (Lipinski definition) is 0. The normalized spacial score (nSPS) is 26.0.